The molecule has 0 atom stereocenters. The molecule has 1 aromatic carbocycles. The van der Waals surface area contributed by atoms with Crippen molar-refractivity contribution in [1.29, 1.82) is 0 Å². The second-order valence-electron chi connectivity index (χ2n) is 3.56. The molecule has 0 fully saturated rings. The van der Waals surface area contributed by atoms with E-state index in [1.54, 1.807) is 32.0 Å². The van der Waals surface area contributed by atoms with Gasteiger partial charge in [-0.25, -0.2) is 0 Å². The van der Waals surface area contributed by atoms with Crippen LogP contribution in [-0.4, -0.2) is 11.9 Å². The van der Waals surface area contributed by atoms with Crippen LogP contribution in [0.4, 0.5) is 0 Å². The van der Waals surface area contributed by atoms with E-state index >= 15 is 0 Å². The van der Waals surface area contributed by atoms with Gasteiger partial charge in [-0.2, -0.15) is 0 Å². The van der Waals surface area contributed by atoms with Gasteiger partial charge in [0, 0.05) is 10.0 Å². The van der Waals surface area contributed by atoms with Gasteiger partial charge in [-0.05, 0) is 48.0 Å². The summed E-state index contributed by atoms with van der Waals surface area (Å²) in [6, 6.07) is 5.12. The van der Waals surface area contributed by atoms with Crippen LogP contribution in [0.3, 0.4) is 0 Å². The Morgan fingerprint density at radius 3 is 2.67 bits per heavy atom. The number of ether oxygens (including phenoxy) is 1. The fourth-order valence-electron chi connectivity index (χ4n) is 0.991. The lowest BCUT2D eigenvalue weighted by Gasteiger charge is -2.20. The molecule has 0 heterocycles. The van der Waals surface area contributed by atoms with E-state index in [4.69, 9.17) is 11.2 Å². The van der Waals surface area contributed by atoms with Crippen molar-refractivity contribution in [3.63, 3.8) is 0 Å². The predicted molar refractivity (Wildman–Crippen MR) is 63.1 cm³/mol. The van der Waals surface area contributed by atoms with Crippen molar-refractivity contribution in [2.24, 2.45) is 0 Å². The minimum Gasteiger partial charge on any atom is -0.475 e. The minimum absolute atomic E-state index is 0.584. The lowest BCUT2D eigenvalue weighted by molar-refractivity contribution is 0.112. The molecule has 0 aromatic heterocycles. The van der Waals surface area contributed by atoms with E-state index in [1.807, 2.05) is 0 Å². The number of rotatable bonds is 3. The van der Waals surface area contributed by atoms with Gasteiger partial charge in [0.1, 0.15) is 5.75 Å². The van der Waals surface area contributed by atoms with Gasteiger partial charge in [0.15, 0.2) is 11.9 Å². The summed E-state index contributed by atoms with van der Waals surface area (Å²) in [4.78, 5) is 10.6. The first-order chi connectivity index (χ1) is 6.98. The zero-order valence-electron chi connectivity index (χ0n) is 8.58. The monoisotopic (exact) mass is 266 g/mol. The molecule has 3 heteroatoms. The first kappa shape index (κ1) is 11.8. The molecule has 0 aliphatic heterocycles. The lowest BCUT2D eigenvalue weighted by Crippen LogP contribution is -2.25. The maximum Gasteiger partial charge on any atom is 0.163 e. The normalized spacial score (nSPS) is 10.5. The number of hydrogen-bond donors (Lipinski definition) is 0. The van der Waals surface area contributed by atoms with Crippen LogP contribution >= 0.6 is 15.9 Å². The van der Waals surface area contributed by atoms with Crippen molar-refractivity contribution in [3.05, 3.63) is 28.2 Å². The highest BCUT2D eigenvalue weighted by Crippen LogP contribution is 2.24. The number of halogens is 1. The van der Waals surface area contributed by atoms with Crippen molar-refractivity contribution in [2.45, 2.75) is 19.4 Å². The number of aldehydes is 1. The lowest BCUT2D eigenvalue weighted by atomic mass is 10.1. The van der Waals surface area contributed by atoms with Crippen LogP contribution < -0.4 is 4.74 Å². The molecule has 0 saturated heterocycles. The largest absolute Gasteiger partial charge is 0.475 e. The van der Waals surface area contributed by atoms with Crippen LogP contribution in [0.2, 0.25) is 0 Å². The van der Waals surface area contributed by atoms with Crippen molar-refractivity contribution in [1.82, 2.24) is 0 Å². The zero-order chi connectivity index (χ0) is 11.5. The molecule has 0 saturated carbocycles. The van der Waals surface area contributed by atoms with Gasteiger partial charge in [0.25, 0.3) is 0 Å². The summed E-state index contributed by atoms with van der Waals surface area (Å²) in [5.41, 5.74) is -0.0665. The van der Waals surface area contributed by atoms with E-state index in [-0.39, 0.29) is 0 Å². The maximum absolute atomic E-state index is 10.6. The second-order valence-corrected chi connectivity index (χ2v) is 4.41. The molecule has 0 aliphatic carbocycles. The summed E-state index contributed by atoms with van der Waals surface area (Å²) in [6.07, 6.45) is 6.08. The molecule has 1 rings (SSSR count). The molecule has 0 amide bonds. The number of terminal acetylenes is 1. The van der Waals surface area contributed by atoms with Crippen LogP contribution in [0.5, 0.6) is 5.75 Å². The highest BCUT2D eigenvalue weighted by Gasteiger charge is 2.15. The van der Waals surface area contributed by atoms with Crippen molar-refractivity contribution in [2.75, 3.05) is 0 Å². The molecule has 0 bridgehead atoms. The maximum atomic E-state index is 10.6. The third kappa shape index (κ3) is 3.10. The fraction of sp³-hybridized carbons (Fsp3) is 0.250. The van der Waals surface area contributed by atoms with Gasteiger partial charge in [0.05, 0.1) is 0 Å². The Labute approximate surface area is 97.8 Å². The van der Waals surface area contributed by atoms with Crippen molar-refractivity contribution < 1.29 is 9.53 Å². The molecule has 0 N–H and O–H groups in total. The van der Waals surface area contributed by atoms with Crippen molar-refractivity contribution in [3.8, 4) is 18.1 Å². The van der Waals surface area contributed by atoms with E-state index in [0.717, 1.165) is 6.29 Å². The molecular formula is C12H11BrO2. The molecule has 0 spiro atoms. The first-order valence-corrected chi connectivity index (χ1v) is 5.19. The quantitative estimate of drug-likeness (QED) is 0.621. The molecule has 15 heavy (non-hydrogen) atoms. The van der Waals surface area contributed by atoms with Gasteiger partial charge in [0.2, 0.25) is 0 Å². The number of benzene rings is 1. The minimum atomic E-state index is -0.651. The summed E-state index contributed by atoms with van der Waals surface area (Å²) < 4.78 is 6.25. The summed E-state index contributed by atoms with van der Waals surface area (Å²) >= 11 is 3.27. The zero-order valence-corrected chi connectivity index (χ0v) is 10.2. The molecule has 2 nitrogen and oxygen atoms in total. The van der Waals surface area contributed by atoms with E-state index in [9.17, 15) is 4.79 Å². The standard InChI is InChI=1S/C12H11BrO2/c1-4-12(2,3)15-10-6-5-9(8-14)11(13)7-10/h1,5-8H,2-3H3. The number of carbonyl (C=O) groups is 1. The topological polar surface area (TPSA) is 26.3 Å². The Morgan fingerprint density at radius 2 is 2.20 bits per heavy atom. The summed E-state index contributed by atoms with van der Waals surface area (Å²) in [6.45, 7) is 3.60. The molecular weight excluding hydrogens is 256 g/mol. The number of carbonyl (C=O) groups excluding carboxylic acids is 1. The van der Waals surface area contributed by atoms with E-state index in [1.165, 1.54) is 0 Å². The van der Waals surface area contributed by atoms with Crippen LogP contribution in [0.15, 0.2) is 22.7 Å². The molecule has 78 valence electrons. The average molecular weight is 267 g/mol. The third-order valence-corrected chi connectivity index (χ3v) is 2.51. The van der Waals surface area contributed by atoms with Gasteiger partial charge < -0.3 is 4.74 Å². The summed E-state index contributed by atoms with van der Waals surface area (Å²) in [5, 5.41) is 0. The fourth-order valence-corrected chi connectivity index (χ4v) is 1.44. The van der Waals surface area contributed by atoms with Crippen LogP contribution in [0.1, 0.15) is 24.2 Å². The predicted octanol–water partition coefficient (Wildman–Crippen LogP) is 3.05. The van der Waals surface area contributed by atoms with Gasteiger partial charge >= 0.3 is 0 Å². The Balaban J connectivity index is 2.95. The Bertz CT molecular complexity index is 416. The van der Waals surface area contributed by atoms with Crippen molar-refractivity contribution >= 4 is 22.2 Å². The molecule has 0 aliphatic rings. The SMILES string of the molecule is C#CC(C)(C)Oc1ccc(C=O)c(Br)c1. The summed E-state index contributed by atoms with van der Waals surface area (Å²) in [7, 11) is 0. The first-order valence-electron chi connectivity index (χ1n) is 4.40. The van der Waals surface area contributed by atoms with Gasteiger partial charge in [-0.3, -0.25) is 4.79 Å². The Kier molecular flexibility index (Phi) is 3.54. The summed E-state index contributed by atoms with van der Waals surface area (Å²) in [5.74, 6) is 3.17. The van der Waals surface area contributed by atoms with Crippen LogP contribution in [-0.2, 0) is 0 Å². The van der Waals surface area contributed by atoms with E-state index < -0.39 is 5.60 Å². The van der Waals surface area contributed by atoms with Gasteiger partial charge in [-0.15, -0.1) is 6.42 Å². The van der Waals surface area contributed by atoms with E-state index in [2.05, 4.69) is 21.9 Å². The highest BCUT2D eigenvalue weighted by atomic mass is 79.9. The Hall–Kier alpha value is -1.27. The molecule has 1 aromatic rings. The highest BCUT2D eigenvalue weighted by molar-refractivity contribution is 9.10. The van der Waals surface area contributed by atoms with Gasteiger partial charge in [-0.1, -0.05) is 5.92 Å². The van der Waals surface area contributed by atoms with Crippen LogP contribution in [0, 0.1) is 12.3 Å². The third-order valence-electron chi connectivity index (χ3n) is 1.82. The molecule has 0 radical (unpaired) electrons. The van der Waals surface area contributed by atoms with E-state index in [0.29, 0.717) is 15.8 Å². The van der Waals surface area contributed by atoms with Crippen LogP contribution in [0.25, 0.3) is 0 Å². The average Bonchev–Trinajstić information content (AvgIpc) is 2.17. The smallest absolute Gasteiger partial charge is 0.163 e. The Morgan fingerprint density at radius 1 is 1.53 bits per heavy atom. The molecule has 0 unspecified atom stereocenters. The number of hydrogen-bond acceptors (Lipinski definition) is 2. The second kappa shape index (κ2) is 4.50.